The average molecular weight is 254 g/mol. The Morgan fingerprint density at radius 1 is 1.64 bits per heavy atom. The van der Waals surface area contributed by atoms with Gasteiger partial charge in [-0.05, 0) is 28.1 Å². The number of hydrogen-bond acceptors (Lipinski definition) is 2. The van der Waals surface area contributed by atoms with E-state index in [9.17, 15) is 4.79 Å². The minimum Gasteiger partial charge on any atom is -0.465 e. The highest BCUT2D eigenvalue weighted by atomic mass is 79.9. The van der Waals surface area contributed by atoms with E-state index in [1.54, 1.807) is 18.2 Å². The maximum absolute atomic E-state index is 11.2. The molecule has 0 saturated heterocycles. The highest BCUT2D eigenvalue weighted by Crippen LogP contribution is 2.19. The predicted octanol–water partition coefficient (Wildman–Crippen LogP) is 2.65. The van der Waals surface area contributed by atoms with E-state index in [0.717, 1.165) is 5.56 Å². The van der Waals surface area contributed by atoms with Crippen LogP contribution >= 0.6 is 15.9 Å². The van der Waals surface area contributed by atoms with Crippen LogP contribution in [0.3, 0.4) is 0 Å². The number of benzene rings is 1. The summed E-state index contributed by atoms with van der Waals surface area (Å²) in [6.07, 6.45) is 0. The molecule has 0 bridgehead atoms. The van der Waals surface area contributed by atoms with E-state index in [0.29, 0.717) is 16.6 Å². The molecule has 0 amide bonds. The Hall–Kier alpha value is -1.34. The second-order valence-electron chi connectivity index (χ2n) is 2.62. The molecule has 0 N–H and O–H groups in total. The molecule has 3 nitrogen and oxygen atoms in total. The van der Waals surface area contributed by atoms with Crippen LogP contribution in [-0.2, 0) is 11.3 Å². The van der Waals surface area contributed by atoms with Crippen molar-refractivity contribution in [3.05, 3.63) is 45.2 Å². The molecule has 1 aromatic rings. The van der Waals surface area contributed by atoms with Crippen LogP contribution in [0.4, 0.5) is 0 Å². The van der Waals surface area contributed by atoms with E-state index >= 15 is 0 Å². The first-order chi connectivity index (χ1) is 6.69. The lowest BCUT2D eigenvalue weighted by atomic mass is 10.1. The minimum atomic E-state index is -0.383. The average Bonchev–Trinajstić information content (AvgIpc) is 2.17. The van der Waals surface area contributed by atoms with Crippen molar-refractivity contribution in [1.29, 1.82) is 0 Å². The van der Waals surface area contributed by atoms with Gasteiger partial charge in [-0.3, -0.25) is 0 Å². The zero-order valence-corrected chi connectivity index (χ0v) is 9.17. The number of rotatable bonds is 2. The monoisotopic (exact) mass is 253 g/mol. The fourth-order valence-electron chi connectivity index (χ4n) is 1.02. The Labute approximate surface area is 90.6 Å². The molecule has 1 rings (SSSR count). The highest BCUT2D eigenvalue weighted by Gasteiger charge is 2.10. The van der Waals surface area contributed by atoms with E-state index in [1.165, 1.54) is 7.11 Å². The molecule has 14 heavy (non-hydrogen) atoms. The van der Waals surface area contributed by atoms with Crippen LogP contribution in [0.2, 0.25) is 0 Å². The topological polar surface area (TPSA) is 30.7 Å². The third-order valence-corrected chi connectivity index (χ3v) is 2.36. The summed E-state index contributed by atoms with van der Waals surface area (Å²) in [5, 5.41) is 0. The van der Waals surface area contributed by atoms with E-state index in [1.807, 2.05) is 0 Å². The van der Waals surface area contributed by atoms with Crippen LogP contribution in [0.25, 0.3) is 4.85 Å². The number of hydrogen-bond donors (Lipinski definition) is 0. The summed E-state index contributed by atoms with van der Waals surface area (Å²) in [5.74, 6) is -0.383. The van der Waals surface area contributed by atoms with Crippen molar-refractivity contribution in [3.8, 4) is 0 Å². The van der Waals surface area contributed by atoms with Gasteiger partial charge < -0.3 is 9.58 Å². The molecule has 72 valence electrons. The molecule has 0 aromatic heterocycles. The van der Waals surface area contributed by atoms with Crippen LogP contribution in [0.15, 0.2) is 22.7 Å². The number of nitrogens with zero attached hydrogens (tertiary/aromatic N) is 1. The summed E-state index contributed by atoms with van der Waals surface area (Å²) in [7, 11) is 1.34. The first-order valence-corrected chi connectivity index (χ1v) is 4.68. The molecule has 0 saturated carbocycles. The Morgan fingerprint density at radius 2 is 2.36 bits per heavy atom. The zero-order chi connectivity index (χ0) is 10.6. The third kappa shape index (κ3) is 2.33. The molecule has 0 fully saturated rings. The molecule has 0 aliphatic carbocycles. The molecule has 0 atom stereocenters. The lowest BCUT2D eigenvalue weighted by molar-refractivity contribution is 0.0599. The predicted molar refractivity (Wildman–Crippen MR) is 55.8 cm³/mol. The van der Waals surface area contributed by atoms with Crippen LogP contribution in [-0.4, -0.2) is 13.1 Å². The molecule has 1 aromatic carbocycles. The van der Waals surface area contributed by atoms with Gasteiger partial charge in [0.2, 0.25) is 6.54 Å². The lowest BCUT2D eigenvalue weighted by Gasteiger charge is -2.02. The van der Waals surface area contributed by atoms with Crippen molar-refractivity contribution in [2.75, 3.05) is 7.11 Å². The number of carbonyl (C=O) groups excluding carboxylic acids is 1. The van der Waals surface area contributed by atoms with Gasteiger partial charge in [0.1, 0.15) is 0 Å². The Bertz CT molecular complexity index is 396. The summed E-state index contributed by atoms with van der Waals surface area (Å²) in [6, 6.07) is 5.15. The van der Waals surface area contributed by atoms with Gasteiger partial charge in [0, 0.05) is 10.0 Å². The number of methoxy groups -OCH3 is 1. The number of ether oxygens (including phenoxy) is 1. The summed E-state index contributed by atoms with van der Waals surface area (Å²) < 4.78 is 5.25. The van der Waals surface area contributed by atoms with Crippen LogP contribution in [0.5, 0.6) is 0 Å². The first-order valence-electron chi connectivity index (χ1n) is 3.89. The van der Waals surface area contributed by atoms with Gasteiger partial charge in [-0.15, -0.1) is 0 Å². The van der Waals surface area contributed by atoms with Crippen LogP contribution in [0.1, 0.15) is 15.9 Å². The summed E-state index contributed by atoms with van der Waals surface area (Å²) >= 11 is 3.25. The highest BCUT2D eigenvalue weighted by molar-refractivity contribution is 9.10. The van der Waals surface area contributed by atoms with E-state index in [4.69, 9.17) is 6.57 Å². The Kier molecular flexibility index (Phi) is 3.66. The van der Waals surface area contributed by atoms with Gasteiger partial charge in [0.05, 0.1) is 12.7 Å². The number of carbonyl (C=O) groups is 1. The van der Waals surface area contributed by atoms with Crippen LogP contribution in [0, 0.1) is 6.57 Å². The van der Waals surface area contributed by atoms with Gasteiger partial charge in [-0.2, -0.15) is 0 Å². The molecular weight excluding hydrogens is 246 g/mol. The Morgan fingerprint density at radius 3 is 2.86 bits per heavy atom. The maximum atomic E-state index is 11.2. The van der Waals surface area contributed by atoms with Gasteiger partial charge in [0.25, 0.3) is 0 Å². The fourth-order valence-corrected chi connectivity index (χ4v) is 1.61. The van der Waals surface area contributed by atoms with Gasteiger partial charge in [-0.25, -0.2) is 11.4 Å². The molecule has 0 spiro atoms. The second kappa shape index (κ2) is 4.77. The fraction of sp³-hybridized carbons (Fsp3) is 0.200. The SMILES string of the molecule is [C-]#[N+]Cc1ccc(C(=O)OC)c(Br)c1. The summed E-state index contributed by atoms with van der Waals surface area (Å²) in [5.41, 5.74) is 1.35. The number of halogens is 1. The van der Waals surface area contributed by atoms with Gasteiger partial charge in [0.15, 0.2) is 0 Å². The van der Waals surface area contributed by atoms with Gasteiger partial charge in [-0.1, -0.05) is 6.07 Å². The van der Waals surface area contributed by atoms with Gasteiger partial charge >= 0.3 is 5.97 Å². The maximum Gasteiger partial charge on any atom is 0.339 e. The largest absolute Gasteiger partial charge is 0.465 e. The molecule has 0 radical (unpaired) electrons. The van der Waals surface area contributed by atoms with Crippen molar-refractivity contribution >= 4 is 21.9 Å². The summed E-state index contributed by atoms with van der Waals surface area (Å²) in [4.78, 5) is 14.4. The third-order valence-electron chi connectivity index (χ3n) is 1.70. The quantitative estimate of drug-likeness (QED) is 0.600. The standard InChI is InChI=1S/C10H8BrNO2/c1-12-6-7-3-4-8(9(11)5-7)10(13)14-2/h3-5H,6H2,2H3. The zero-order valence-electron chi connectivity index (χ0n) is 7.58. The molecule has 0 aliphatic rings. The minimum absolute atomic E-state index is 0.319. The van der Waals surface area contributed by atoms with Crippen molar-refractivity contribution in [2.45, 2.75) is 6.54 Å². The second-order valence-corrected chi connectivity index (χ2v) is 3.48. The lowest BCUT2D eigenvalue weighted by Crippen LogP contribution is -2.02. The first kappa shape index (κ1) is 10.7. The van der Waals surface area contributed by atoms with E-state index in [-0.39, 0.29) is 5.97 Å². The number of esters is 1. The van der Waals surface area contributed by atoms with E-state index in [2.05, 4.69) is 25.5 Å². The smallest absolute Gasteiger partial charge is 0.339 e. The molecule has 0 heterocycles. The van der Waals surface area contributed by atoms with E-state index < -0.39 is 0 Å². The summed E-state index contributed by atoms with van der Waals surface area (Å²) in [6.45, 7) is 7.02. The normalized spacial score (nSPS) is 9.21. The van der Waals surface area contributed by atoms with Crippen LogP contribution < -0.4 is 0 Å². The molecule has 4 heteroatoms. The van der Waals surface area contributed by atoms with Crippen molar-refractivity contribution in [2.24, 2.45) is 0 Å². The molecule has 0 aliphatic heterocycles. The molecular formula is C10H8BrNO2. The molecule has 0 unspecified atom stereocenters. The van der Waals surface area contributed by atoms with Crippen molar-refractivity contribution in [3.63, 3.8) is 0 Å². The van der Waals surface area contributed by atoms with Crippen molar-refractivity contribution in [1.82, 2.24) is 0 Å². The Balaban J connectivity index is 3.02. The van der Waals surface area contributed by atoms with Crippen molar-refractivity contribution < 1.29 is 9.53 Å².